The summed E-state index contributed by atoms with van der Waals surface area (Å²) in [5.74, 6) is -0.0834. The molecule has 0 saturated heterocycles. The largest absolute Gasteiger partial charge is 0.479 e. The van der Waals surface area contributed by atoms with Crippen LogP contribution in [0.3, 0.4) is 0 Å². The lowest BCUT2D eigenvalue weighted by Crippen LogP contribution is -2.33. The zero-order valence-corrected chi connectivity index (χ0v) is 12.3. The Morgan fingerprint density at radius 1 is 1.35 bits per heavy atom. The first-order valence-corrected chi connectivity index (χ1v) is 6.25. The Kier molecular flexibility index (Phi) is 4.70. The summed E-state index contributed by atoms with van der Waals surface area (Å²) in [6, 6.07) is 4.34. The van der Waals surface area contributed by atoms with Crippen molar-refractivity contribution in [3.05, 3.63) is 33.9 Å². The fourth-order valence-electron chi connectivity index (χ4n) is 1.54. The quantitative estimate of drug-likeness (QED) is 0.481. The molecule has 1 aromatic carbocycles. The molecule has 1 unspecified atom stereocenters. The average Bonchev–Trinajstić information content (AvgIpc) is 2.26. The van der Waals surface area contributed by atoms with E-state index in [9.17, 15) is 14.9 Å². The Morgan fingerprint density at radius 2 is 1.95 bits per heavy atom. The van der Waals surface area contributed by atoms with Crippen molar-refractivity contribution in [2.24, 2.45) is 0 Å². The monoisotopic (exact) mass is 281 g/mol. The standard InChI is InChI=1S/C14H19NO5/c1-9-8-11(6-7-12(9)15(17)18)19-10(2)13(16)20-14(3,4)5/h6-8,10H,1-5H3. The summed E-state index contributed by atoms with van der Waals surface area (Å²) in [7, 11) is 0. The van der Waals surface area contributed by atoms with Gasteiger partial charge >= 0.3 is 5.97 Å². The number of nitro benzene ring substituents is 1. The van der Waals surface area contributed by atoms with Gasteiger partial charge < -0.3 is 9.47 Å². The molecule has 1 rings (SSSR count). The summed E-state index contributed by atoms with van der Waals surface area (Å²) >= 11 is 0. The van der Waals surface area contributed by atoms with Crippen LogP contribution in [0.1, 0.15) is 33.3 Å². The highest BCUT2D eigenvalue weighted by molar-refractivity contribution is 5.75. The molecule has 0 aliphatic rings. The molecule has 0 N–H and O–H groups in total. The number of carbonyl (C=O) groups is 1. The third-order valence-corrected chi connectivity index (χ3v) is 2.42. The summed E-state index contributed by atoms with van der Waals surface area (Å²) in [6.07, 6.45) is -0.782. The number of rotatable bonds is 4. The maximum Gasteiger partial charge on any atom is 0.347 e. The van der Waals surface area contributed by atoms with Crippen molar-refractivity contribution >= 4 is 11.7 Å². The summed E-state index contributed by atoms with van der Waals surface area (Å²) < 4.78 is 10.6. The molecule has 0 aromatic heterocycles. The van der Waals surface area contributed by atoms with Crippen LogP contribution in [0.5, 0.6) is 5.75 Å². The van der Waals surface area contributed by atoms with Crippen LogP contribution in [0.25, 0.3) is 0 Å². The molecule has 0 aliphatic heterocycles. The van der Waals surface area contributed by atoms with Crippen molar-refractivity contribution in [3.8, 4) is 5.75 Å². The summed E-state index contributed by atoms with van der Waals surface area (Å²) in [4.78, 5) is 22.0. The minimum atomic E-state index is -0.782. The third kappa shape index (κ3) is 4.53. The van der Waals surface area contributed by atoms with Crippen LogP contribution in [-0.4, -0.2) is 22.6 Å². The van der Waals surface area contributed by atoms with E-state index in [2.05, 4.69) is 0 Å². The number of hydrogen-bond acceptors (Lipinski definition) is 5. The first kappa shape index (κ1) is 15.9. The van der Waals surface area contributed by atoms with Crippen LogP contribution < -0.4 is 4.74 Å². The highest BCUT2D eigenvalue weighted by Crippen LogP contribution is 2.24. The van der Waals surface area contributed by atoms with Gasteiger partial charge in [0.2, 0.25) is 0 Å². The molecule has 0 saturated carbocycles. The molecular formula is C14H19NO5. The number of nitro groups is 1. The smallest absolute Gasteiger partial charge is 0.347 e. The predicted octanol–water partition coefficient (Wildman–Crippen LogP) is 3.01. The molecule has 0 aliphatic carbocycles. The Morgan fingerprint density at radius 3 is 2.40 bits per heavy atom. The fraction of sp³-hybridized carbons (Fsp3) is 0.500. The van der Waals surface area contributed by atoms with Gasteiger partial charge in [-0.15, -0.1) is 0 Å². The van der Waals surface area contributed by atoms with Crippen LogP contribution in [0.15, 0.2) is 18.2 Å². The van der Waals surface area contributed by atoms with Gasteiger partial charge in [0.15, 0.2) is 6.10 Å². The van der Waals surface area contributed by atoms with Crippen LogP contribution in [0, 0.1) is 17.0 Å². The lowest BCUT2D eigenvalue weighted by molar-refractivity contribution is -0.385. The minimum Gasteiger partial charge on any atom is -0.479 e. The molecule has 0 spiro atoms. The van der Waals surface area contributed by atoms with Crippen molar-refractivity contribution in [2.45, 2.75) is 46.3 Å². The van der Waals surface area contributed by atoms with E-state index in [-0.39, 0.29) is 5.69 Å². The third-order valence-electron chi connectivity index (χ3n) is 2.42. The molecular weight excluding hydrogens is 262 g/mol. The van der Waals surface area contributed by atoms with E-state index in [0.717, 1.165) is 0 Å². The second-order valence-electron chi connectivity index (χ2n) is 5.50. The van der Waals surface area contributed by atoms with Gasteiger partial charge in [-0.1, -0.05) is 0 Å². The number of nitrogens with zero attached hydrogens (tertiary/aromatic N) is 1. The average molecular weight is 281 g/mol. The first-order valence-electron chi connectivity index (χ1n) is 6.25. The highest BCUT2D eigenvalue weighted by atomic mass is 16.6. The van der Waals surface area contributed by atoms with E-state index in [0.29, 0.717) is 11.3 Å². The van der Waals surface area contributed by atoms with Gasteiger partial charge in [-0.05, 0) is 46.8 Å². The zero-order chi connectivity index (χ0) is 15.5. The highest BCUT2D eigenvalue weighted by Gasteiger charge is 2.23. The molecule has 6 heteroatoms. The van der Waals surface area contributed by atoms with Gasteiger partial charge in [-0.3, -0.25) is 10.1 Å². The van der Waals surface area contributed by atoms with Gasteiger partial charge in [0, 0.05) is 11.6 Å². The number of hydrogen-bond donors (Lipinski definition) is 0. The van der Waals surface area contributed by atoms with E-state index in [1.165, 1.54) is 18.2 Å². The van der Waals surface area contributed by atoms with Crippen molar-refractivity contribution in [3.63, 3.8) is 0 Å². The number of ether oxygens (including phenoxy) is 2. The number of esters is 1. The van der Waals surface area contributed by atoms with Gasteiger partial charge in [0.05, 0.1) is 4.92 Å². The van der Waals surface area contributed by atoms with Gasteiger partial charge in [0.1, 0.15) is 11.4 Å². The second-order valence-corrected chi connectivity index (χ2v) is 5.50. The molecule has 0 fully saturated rings. The topological polar surface area (TPSA) is 78.7 Å². The molecule has 20 heavy (non-hydrogen) atoms. The Bertz CT molecular complexity index is 519. The molecule has 1 atom stereocenters. The molecule has 0 radical (unpaired) electrons. The maximum atomic E-state index is 11.8. The van der Waals surface area contributed by atoms with E-state index in [1.54, 1.807) is 34.6 Å². The first-order chi connectivity index (χ1) is 9.10. The lowest BCUT2D eigenvalue weighted by atomic mass is 10.2. The number of carbonyl (C=O) groups excluding carboxylic acids is 1. The molecule has 0 bridgehead atoms. The number of aryl methyl sites for hydroxylation is 1. The van der Waals surface area contributed by atoms with Crippen molar-refractivity contribution in [2.75, 3.05) is 0 Å². The molecule has 0 heterocycles. The van der Waals surface area contributed by atoms with Crippen molar-refractivity contribution < 1.29 is 19.2 Å². The van der Waals surface area contributed by atoms with Crippen LogP contribution in [0.2, 0.25) is 0 Å². The zero-order valence-electron chi connectivity index (χ0n) is 12.3. The predicted molar refractivity (Wildman–Crippen MR) is 73.8 cm³/mol. The summed E-state index contributed by atoms with van der Waals surface area (Å²) in [5, 5.41) is 10.7. The SMILES string of the molecule is Cc1cc(OC(C)C(=O)OC(C)(C)C)ccc1[N+](=O)[O-]. The Balaban J connectivity index is 2.76. The van der Waals surface area contributed by atoms with E-state index in [4.69, 9.17) is 9.47 Å². The van der Waals surface area contributed by atoms with Crippen LogP contribution in [-0.2, 0) is 9.53 Å². The van der Waals surface area contributed by atoms with Crippen molar-refractivity contribution in [1.29, 1.82) is 0 Å². The molecule has 0 amide bonds. The Hall–Kier alpha value is -2.11. The molecule has 1 aromatic rings. The van der Waals surface area contributed by atoms with E-state index in [1.807, 2.05) is 0 Å². The van der Waals surface area contributed by atoms with E-state index >= 15 is 0 Å². The van der Waals surface area contributed by atoms with Crippen molar-refractivity contribution in [1.82, 2.24) is 0 Å². The lowest BCUT2D eigenvalue weighted by Gasteiger charge is -2.22. The second kappa shape index (κ2) is 5.90. The van der Waals surface area contributed by atoms with Gasteiger partial charge in [-0.25, -0.2) is 4.79 Å². The molecule has 6 nitrogen and oxygen atoms in total. The molecule has 110 valence electrons. The minimum absolute atomic E-state index is 0.0160. The summed E-state index contributed by atoms with van der Waals surface area (Å²) in [5.41, 5.74) is -0.0914. The maximum absolute atomic E-state index is 11.8. The summed E-state index contributed by atoms with van der Waals surface area (Å²) in [6.45, 7) is 8.50. The Labute approximate surface area is 117 Å². The van der Waals surface area contributed by atoms with Crippen LogP contribution >= 0.6 is 0 Å². The van der Waals surface area contributed by atoms with E-state index < -0.39 is 22.6 Å². The number of benzene rings is 1. The van der Waals surface area contributed by atoms with Gasteiger partial charge in [-0.2, -0.15) is 0 Å². The normalized spacial score (nSPS) is 12.7. The van der Waals surface area contributed by atoms with Gasteiger partial charge in [0.25, 0.3) is 5.69 Å². The van der Waals surface area contributed by atoms with Crippen LogP contribution in [0.4, 0.5) is 5.69 Å². The fourth-order valence-corrected chi connectivity index (χ4v) is 1.54.